The Morgan fingerprint density at radius 2 is 1.61 bits per heavy atom. The summed E-state index contributed by atoms with van der Waals surface area (Å²) in [4.78, 5) is 26.8. The third-order valence-electron chi connectivity index (χ3n) is 5.83. The first-order valence-corrected chi connectivity index (χ1v) is 9.30. The Kier molecular flexibility index (Phi) is 5.74. The smallest absolute Gasteiger partial charge is 0.227 e. The standard InChI is InChI=1S/C19H34N2O2/c1-13-7-6-8-16(14(13)2)20-17(22)15-9-11-21(12-10-15)18(23)19(3,4)5/h13-16H,6-12H2,1-5H3,(H,20,22)/t13-,14-,16+/m1/s1. The van der Waals surface area contributed by atoms with Gasteiger partial charge in [0, 0.05) is 30.5 Å². The zero-order valence-electron chi connectivity index (χ0n) is 15.5. The fourth-order valence-corrected chi connectivity index (χ4v) is 3.91. The van der Waals surface area contributed by atoms with Crippen LogP contribution in [0, 0.1) is 23.2 Å². The zero-order chi connectivity index (χ0) is 17.2. The second-order valence-corrected chi connectivity index (χ2v) is 8.70. The minimum atomic E-state index is -0.331. The van der Waals surface area contributed by atoms with E-state index in [4.69, 9.17) is 0 Å². The highest BCUT2D eigenvalue weighted by Gasteiger charge is 2.34. The summed E-state index contributed by atoms with van der Waals surface area (Å²) in [6, 6.07) is 0.334. The molecule has 1 saturated carbocycles. The van der Waals surface area contributed by atoms with Crippen LogP contribution in [0.4, 0.5) is 0 Å². The maximum Gasteiger partial charge on any atom is 0.227 e. The summed E-state index contributed by atoms with van der Waals surface area (Å²) >= 11 is 0. The Morgan fingerprint density at radius 1 is 1.00 bits per heavy atom. The fourth-order valence-electron chi connectivity index (χ4n) is 3.91. The molecule has 4 nitrogen and oxygen atoms in total. The molecule has 0 bridgehead atoms. The van der Waals surface area contributed by atoms with Crippen molar-refractivity contribution in [3.63, 3.8) is 0 Å². The third kappa shape index (κ3) is 4.48. The summed E-state index contributed by atoms with van der Waals surface area (Å²) in [5, 5.41) is 3.30. The quantitative estimate of drug-likeness (QED) is 0.848. The fraction of sp³-hybridized carbons (Fsp3) is 0.895. The first-order valence-electron chi connectivity index (χ1n) is 9.30. The number of piperidine rings is 1. The van der Waals surface area contributed by atoms with Crippen LogP contribution in [0.15, 0.2) is 0 Å². The number of rotatable bonds is 2. The topological polar surface area (TPSA) is 49.4 Å². The van der Waals surface area contributed by atoms with Gasteiger partial charge in [-0.05, 0) is 31.1 Å². The van der Waals surface area contributed by atoms with Crippen LogP contribution in [-0.2, 0) is 9.59 Å². The lowest BCUT2D eigenvalue weighted by Gasteiger charge is -2.38. The molecule has 1 aliphatic carbocycles. The molecule has 1 N–H and O–H groups in total. The number of nitrogens with one attached hydrogen (secondary N) is 1. The van der Waals surface area contributed by atoms with Crippen LogP contribution in [0.1, 0.15) is 66.7 Å². The molecule has 4 heteroatoms. The minimum Gasteiger partial charge on any atom is -0.353 e. The Bertz CT molecular complexity index is 433. The van der Waals surface area contributed by atoms with Crippen LogP contribution in [-0.4, -0.2) is 35.8 Å². The van der Waals surface area contributed by atoms with E-state index in [2.05, 4.69) is 19.2 Å². The van der Waals surface area contributed by atoms with Gasteiger partial charge in [0.1, 0.15) is 0 Å². The predicted octanol–water partition coefficient (Wildman–Crippen LogP) is 3.21. The van der Waals surface area contributed by atoms with Crippen LogP contribution in [0.2, 0.25) is 0 Å². The molecule has 3 atom stereocenters. The van der Waals surface area contributed by atoms with E-state index in [-0.39, 0.29) is 23.1 Å². The molecule has 132 valence electrons. The number of hydrogen-bond donors (Lipinski definition) is 1. The van der Waals surface area contributed by atoms with Crippen LogP contribution >= 0.6 is 0 Å². The second kappa shape index (κ2) is 7.23. The summed E-state index contributed by atoms with van der Waals surface area (Å²) in [5.74, 6) is 1.74. The van der Waals surface area contributed by atoms with Crippen molar-refractivity contribution in [2.45, 2.75) is 72.8 Å². The van der Waals surface area contributed by atoms with Gasteiger partial charge in [-0.1, -0.05) is 47.5 Å². The van der Waals surface area contributed by atoms with E-state index in [1.54, 1.807) is 0 Å². The lowest BCUT2D eigenvalue weighted by Crippen LogP contribution is -2.50. The van der Waals surface area contributed by atoms with Gasteiger partial charge in [0.15, 0.2) is 0 Å². The average Bonchev–Trinajstić information content (AvgIpc) is 2.50. The molecule has 1 heterocycles. The zero-order valence-corrected chi connectivity index (χ0v) is 15.5. The third-order valence-corrected chi connectivity index (χ3v) is 5.83. The molecule has 0 unspecified atom stereocenters. The second-order valence-electron chi connectivity index (χ2n) is 8.70. The van der Waals surface area contributed by atoms with Gasteiger partial charge in [-0.15, -0.1) is 0 Å². The molecule has 1 aliphatic heterocycles. The van der Waals surface area contributed by atoms with Crippen molar-refractivity contribution < 1.29 is 9.59 Å². The van der Waals surface area contributed by atoms with Crippen molar-refractivity contribution in [1.82, 2.24) is 10.2 Å². The van der Waals surface area contributed by atoms with Crippen LogP contribution in [0.3, 0.4) is 0 Å². The largest absolute Gasteiger partial charge is 0.353 e. The van der Waals surface area contributed by atoms with E-state index in [0.29, 0.717) is 31.0 Å². The average molecular weight is 322 g/mol. The highest BCUT2D eigenvalue weighted by molar-refractivity contribution is 5.82. The molecule has 0 aromatic carbocycles. The van der Waals surface area contributed by atoms with Gasteiger partial charge in [-0.25, -0.2) is 0 Å². The Hall–Kier alpha value is -1.06. The number of nitrogens with zero attached hydrogens (tertiary/aromatic N) is 1. The van der Waals surface area contributed by atoms with E-state index in [9.17, 15) is 9.59 Å². The summed E-state index contributed by atoms with van der Waals surface area (Å²) in [5.41, 5.74) is -0.331. The number of hydrogen-bond acceptors (Lipinski definition) is 2. The molecule has 0 radical (unpaired) electrons. The van der Waals surface area contributed by atoms with Crippen molar-refractivity contribution in [2.24, 2.45) is 23.2 Å². The molecular formula is C19H34N2O2. The van der Waals surface area contributed by atoms with Gasteiger partial charge < -0.3 is 10.2 Å². The molecule has 1 saturated heterocycles. The summed E-state index contributed by atoms with van der Waals surface area (Å²) in [6.07, 6.45) is 5.20. The summed E-state index contributed by atoms with van der Waals surface area (Å²) in [7, 11) is 0. The monoisotopic (exact) mass is 322 g/mol. The van der Waals surface area contributed by atoms with Crippen LogP contribution in [0.25, 0.3) is 0 Å². The van der Waals surface area contributed by atoms with Crippen molar-refractivity contribution in [3.8, 4) is 0 Å². The van der Waals surface area contributed by atoms with Gasteiger partial charge in [0.25, 0.3) is 0 Å². The number of likely N-dealkylation sites (tertiary alicyclic amines) is 1. The van der Waals surface area contributed by atoms with Crippen LogP contribution in [0.5, 0.6) is 0 Å². The molecule has 0 spiro atoms. The molecule has 0 aromatic heterocycles. The van der Waals surface area contributed by atoms with Crippen molar-refractivity contribution in [1.29, 1.82) is 0 Å². The maximum atomic E-state index is 12.6. The van der Waals surface area contributed by atoms with E-state index >= 15 is 0 Å². The lowest BCUT2D eigenvalue weighted by molar-refractivity contribution is -0.142. The van der Waals surface area contributed by atoms with Gasteiger partial charge in [0.2, 0.25) is 11.8 Å². The lowest BCUT2D eigenvalue weighted by atomic mass is 9.77. The Balaban J connectivity index is 1.83. The maximum absolute atomic E-state index is 12.6. The number of carbonyl (C=O) groups excluding carboxylic acids is 2. The first-order chi connectivity index (χ1) is 10.7. The van der Waals surface area contributed by atoms with Crippen LogP contribution < -0.4 is 5.32 Å². The Morgan fingerprint density at radius 3 is 2.17 bits per heavy atom. The van der Waals surface area contributed by atoms with Gasteiger partial charge >= 0.3 is 0 Å². The first kappa shape index (κ1) is 18.3. The highest BCUT2D eigenvalue weighted by Crippen LogP contribution is 2.30. The van der Waals surface area contributed by atoms with Crippen molar-refractivity contribution in [2.75, 3.05) is 13.1 Å². The molecule has 2 aliphatic rings. The van der Waals surface area contributed by atoms with Gasteiger partial charge in [0.05, 0.1) is 0 Å². The summed E-state index contributed by atoms with van der Waals surface area (Å²) < 4.78 is 0. The van der Waals surface area contributed by atoms with E-state index in [1.165, 1.54) is 12.8 Å². The molecule has 2 fully saturated rings. The minimum absolute atomic E-state index is 0.0726. The van der Waals surface area contributed by atoms with Gasteiger partial charge in [-0.2, -0.15) is 0 Å². The van der Waals surface area contributed by atoms with E-state index < -0.39 is 0 Å². The molecule has 2 amide bonds. The normalized spacial score (nSPS) is 30.1. The molecule has 0 aromatic rings. The molecule has 2 rings (SSSR count). The van der Waals surface area contributed by atoms with E-state index in [1.807, 2.05) is 25.7 Å². The van der Waals surface area contributed by atoms with Gasteiger partial charge in [-0.3, -0.25) is 9.59 Å². The number of carbonyl (C=O) groups is 2. The predicted molar refractivity (Wildman–Crippen MR) is 92.9 cm³/mol. The SMILES string of the molecule is C[C@@H]1[C@H](C)CCC[C@@H]1NC(=O)C1CCN(C(=O)C(C)(C)C)CC1. The van der Waals surface area contributed by atoms with Crippen molar-refractivity contribution >= 4 is 11.8 Å². The molecular weight excluding hydrogens is 288 g/mol. The van der Waals surface area contributed by atoms with Crippen molar-refractivity contribution in [3.05, 3.63) is 0 Å². The molecule has 23 heavy (non-hydrogen) atoms. The van der Waals surface area contributed by atoms with E-state index in [0.717, 1.165) is 19.3 Å². The highest BCUT2D eigenvalue weighted by atomic mass is 16.2. The number of amides is 2. The Labute approximate surface area is 141 Å². The summed E-state index contributed by atoms with van der Waals surface area (Å²) in [6.45, 7) is 11.9.